The van der Waals surface area contributed by atoms with E-state index in [0.717, 1.165) is 25.3 Å². The summed E-state index contributed by atoms with van der Waals surface area (Å²) in [5, 5.41) is 3.28. The third-order valence-corrected chi connectivity index (χ3v) is 2.74. The highest BCUT2D eigenvalue weighted by Crippen LogP contribution is 2.07. The van der Waals surface area contributed by atoms with Crippen molar-refractivity contribution in [1.29, 1.82) is 0 Å². The van der Waals surface area contributed by atoms with E-state index in [4.69, 9.17) is 0 Å². The van der Waals surface area contributed by atoms with Crippen molar-refractivity contribution in [3.63, 3.8) is 0 Å². The fourth-order valence-electron chi connectivity index (χ4n) is 1.66. The highest BCUT2D eigenvalue weighted by Gasteiger charge is 2.21. The molecule has 1 aromatic heterocycles. The number of likely N-dealkylation sites (N-methyl/N-ethyl adjacent to an activating group) is 1. The molecule has 1 aliphatic heterocycles. The summed E-state index contributed by atoms with van der Waals surface area (Å²) in [5.41, 5.74) is 2.27. The van der Waals surface area contributed by atoms with Crippen LogP contribution in [0.15, 0.2) is 18.2 Å². The molecule has 1 aromatic rings. The molecule has 2 rings (SSSR count). The molecular weight excluding hydrogens is 174 g/mol. The van der Waals surface area contributed by atoms with E-state index < -0.39 is 0 Å². The number of rotatable bonds is 3. The number of pyridine rings is 1. The van der Waals surface area contributed by atoms with Crippen molar-refractivity contribution in [1.82, 2.24) is 15.2 Å². The average molecular weight is 191 g/mol. The maximum Gasteiger partial charge on any atom is 0.0547 e. The highest BCUT2D eigenvalue weighted by atomic mass is 15.2. The van der Waals surface area contributed by atoms with Crippen LogP contribution < -0.4 is 5.32 Å². The summed E-state index contributed by atoms with van der Waals surface area (Å²) < 4.78 is 0. The van der Waals surface area contributed by atoms with Gasteiger partial charge in [-0.25, -0.2) is 0 Å². The summed E-state index contributed by atoms with van der Waals surface area (Å²) >= 11 is 0. The van der Waals surface area contributed by atoms with E-state index in [9.17, 15) is 0 Å². The molecule has 0 aromatic carbocycles. The number of nitrogens with one attached hydrogen (secondary N) is 1. The number of aryl methyl sites for hydroxylation is 1. The quantitative estimate of drug-likeness (QED) is 0.765. The van der Waals surface area contributed by atoms with Crippen LogP contribution in [-0.4, -0.2) is 36.1 Å². The van der Waals surface area contributed by atoms with Gasteiger partial charge in [-0.05, 0) is 26.1 Å². The predicted octanol–water partition coefficient (Wildman–Crippen LogP) is 0.794. The third-order valence-electron chi connectivity index (χ3n) is 2.74. The van der Waals surface area contributed by atoms with Gasteiger partial charge in [0.25, 0.3) is 0 Å². The molecule has 1 saturated heterocycles. The van der Waals surface area contributed by atoms with Crippen LogP contribution in [0.5, 0.6) is 0 Å². The lowest BCUT2D eigenvalue weighted by Gasteiger charge is -2.35. The van der Waals surface area contributed by atoms with Crippen molar-refractivity contribution in [3.8, 4) is 0 Å². The Morgan fingerprint density at radius 2 is 2.29 bits per heavy atom. The van der Waals surface area contributed by atoms with E-state index in [2.05, 4.69) is 34.4 Å². The Morgan fingerprint density at radius 3 is 2.86 bits per heavy atom. The van der Waals surface area contributed by atoms with Gasteiger partial charge in [-0.15, -0.1) is 0 Å². The van der Waals surface area contributed by atoms with Crippen LogP contribution in [0.25, 0.3) is 0 Å². The van der Waals surface area contributed by atoms with Crippen LogP contribution in [-0.2, 0) is 6.54 Å². The van der Waals surface area contributed by atoms with E-state index in [1.807, 2.05) is 13.0 Å². The molecule has 0 amide bonds. The first-order valence-electron chi connectivity index (χ1n) is 5.09. The van der Waals surface area contributed by atoms with Gasteiger partial charge in [-0.1, -0.05) is 6.07 Å². The number of aromatic nitrogens is 1. The second-order valence-electron chi connectivity index (χ2n) is 4.00. The lowest BCUT2D eigenvalue weighted by Crippen LogP contribution is -2.55. The van der Waals surface area contributed by atoms with Crippen LogP contribution in [0.4, 0.5) is 0 Å². The fraction of sp³-hybridized carbons (Fsp3) is 0.545. The molecule has 0 radical (unpaired) electrons. The fourth-order valence-corrected chi connectivity index (χ4v) is 1.66. The molecule has 3 heteroatoms. The number of hydrogen-bond acceptors (Lipinski definition) is 3. The zero-order valence-corrected chi connectivity index (χ0v) is 8.83. The smallest absolute Gasteiger partial charge is 0.0547 e. The molecule has 3 nitrogen and oxygen atoms in total. The molecule has 76 valence electrons. The zero-order valence-electron chi connectivity index (χ0n) is 8.83. The van der Waals surface area contributed by atoms with Crippen molar-refractivity contribution in [2.24, 2.45) is 0 Å². The van der Waals surface area contributed by atoms with E-state index in [0.29, 0.717) is 6.04 Å². The van der Waals surface area contributed by atoms with E-state index in [1.165, 1.54) is 5.69 Å². The molecule has 0 unspecified atom stereocenters. The van der Waals surface area contributed by atoms with Crippen molar-refractivity contribution in [2.45, 2.75) is 19.5 Å². The molecule has 0 aliphatic carbocycles. The lowest BCUT2D eigenvalue weighted by molar-refractivity contribution is 0.171. The van der Waals surface area contributed by atoms with Gasteiger partial charge in [-0.3, -0.25) is 9.88 Å². The van der Waals surface area contributed by atoms with E-state index in [-0.39, 0.29) is 0 Å². The van der Waals surface area contributed by atoms with Crippen molar-refractivity contribution >= 4 is 0 Å². The number of nitrogens with zero attached hydrogens (tertiary/aromatic N) is 2. The van der Waals surface area contributed by atoms with Crippen LogP contribution in [0.1, 0.15) is 11.4 Å². The molecule has 0 saturated carbocycles. The molecule has 0 atom stereocenters. The Morgan fingerprint density at radius 1 is 1.50 bits per heavy atom. The van der Waals surface area contributed by atoms with Crippen LogP contribution in [0, 0.1) is 6.92 Å². The summed E-state index contributed by atoms with van der Waals surface area (Å²) in [7, 11) is 2.16. The monoisotopic (exact) mass is 191 g/mol. The summed E-state index contributed by atoms with van der Waals surface area (Å²) in [5.74, 6) is 0. The summed E-state index contributed by atoms with van der Waals surface area (Å²) in [6.45, 7) is 5.22. The number of hydrogen-bond donors (Lipinski definition) is 1. The molecule has 14 heavy (non-hydrogen) atoms. The Hall–Kier alpha value is -0.930. The minimum Gasteiger partial charge on any atom is -0.314 e. The highest BCUT2D eigenvalue weighted by molar-refractivity contribution is 5.10. The first kappa shape index (κ1) is 9.62. The van der Waals surface area contributed by atoms with Crippen LogP contribution in [0.2, 0.25) is 0 Å². The van der Waals surface area contributed by atoms with Crippen molar-refractivity contribution in [3.05, 3.63) is 29.6 Å². The van der Waals surface area contributed by atoms with E-state index in [1.54, 1.807) is 0 Å². The van der Waals surface area contributed by atoms with Gasteiger partial charge in [0.1, 0.15) is 0 Å². The minimum absolute atomic E-state index is 0.692. The van der Waals surface area contributed by atoms with Crippen LogP contribution in [0.3, 0.4) is 0 Å². The Bertz CT molecular complexity index is 307. The zero-order chi connectivity index (χ0) is 9.97. The van der Waals surface area contributed by atoms with Gasteiger partial charge < -0.3 is 5.32 Å². The second-order valence-corrected chi connectivity index (χ2v) is 4.00. The van der Waals surface area contributed by atoms with E-state index >= 15 is 0 Å². The summed E-state index contributed by atoms with van der Waals surface area (Å²) in [6, 6.07) is 6.89. The molecule has 1 fully saturated rings. The molecule has 1 N–H and O–H groups in total. The summed E-state index contributed by atoms with van der Waals surface area (Å²) in [6.07, 6.45) is 0. The molecule has 0 spiro atoms. The standard InChI is InChI=1S/C11H17N3/c1-9-4-3-5-10(13-9)8-14(2)11-6-12-7-11/h3-5,11-12H,6-8H2,1-2H3. The first-order valence-corrected chi connectivity index (χ1v) is 5.09. The Balaban J connectivity index is 1.95. The first-order chi connectivity index (χ1) is 6.75. The Kier molecular flexibility index (Phi) is 2.79. The van der Waals surface area contributed by atoms with Gasteiger partial charge in [0.15, 0.2) is 0 Å². The van der Waals surface area contributed by atoms with Crippen LogP contribution >= 0.6 is 0 Å². The SMILES string of the molecule is Cc1cccc(CN(C)C2CNC2)n1. The van der Waals surface area contributed by atoms with Crippen molar-refractivity contribution in [2.75, 3.05) is 20.1 Å². The lowest BCUT2D eigenvalue weighted by atomic mass is 10.1. The predicted molar refractivity (Wildman–Crippen MR) is 57.1 cm³/mol. The van der Waals surface area contributed by atoms with Gasteiger partial charge in [-0.2, -0.15) is 0 Å². The normalized spacial score (nSPS) is 17.1. The molecule has 1 aliphatic rings. The molecule has 0 bridgehead atoms. The second kappa shape index (κ2) is 4.07. The third kappa shape index (κ3) is 2.11. The van der Waals surface area contributed by atoms with Gasteiger partial charge in [0.2, 0.25) is 0 Å². The molecule has 2 heterocycles. The summed E-state index contributed by atoms with van der Waals surface area (Å²) in [4.78, 5) is 6.85. The minimum atomic E-state index is 0.692. The van der Waals surface area contributed by atoms with Gasteiger partial charge >= 0.3 is 0 Å². The molecular formula is C11H17N3. The average Bonchev–Trinajstić information content (AvgIpc) is 1.99. The maximum absolute atomic E-state index is 4.49. The Labute approximate surface area is 85.1 Å². The maximum atomic E-state index is 4.49. The van der Waals surface area contributed by atoms with Crippen molar-refractivity contribution < 1.29 is 0 Å². The largest absolute Gasteiger partial charge is 0.314 e. The topological polar surface area (TPSA) is 28.2 Å². The van der Waals surface area contributed by atoms with Gasteiger partial charge in [0.05, 0.1) is 5.69 Å². The van der Waals surface area contributed by atoms with Gasteiger partial charge in [0, 0.05) is 31.4 Å².